The van der Waals surface area contributed by atoms with Gasteiger partial charge in [0.1, 0.15) is 0 Å². The summed E-state index contributed by atoms with van der Waals surface area (Å²) >= 11 is 0. The maximum Gasteiger partial charge on any atom is 0.201 e. The maximum absolute atomic E-state index is 6.43. The summed E-state index contributed by atoms with van der Waals surface area (Å²) in [7, 11) is 4.21. The van der Waals surface area contributed by atoms with Gasteiger partial charge in [0, 0.05) is 24.8 Å². The highest BCUT2D eigenvalue weighted by atomic mass is 17.3. The normalized spacial score (nSPS) is 46.6. The van der Waals surface area contributed by atoms with E-state index in [2.05, 4.69) is 38.2 Å². The van der Waals surface area contributed by atoms with Gasteiger partial charge in [-0.15, -0.1) is 0 Å². The molecular formula is C22H40N2O5. The zero-order valence-corrected chi connectivity index (χ0v) is 18.8. The van der Waals surface area contributed by atoms with Crippen LogP contribution in [-0.2, 0) is 24.0 Å². The van der Waals surface area contributed by atoms with Crippen LogP contribution in [0.1, 0.15) is 52.9 Å². The highest BCUT2D eigenvalue weighted by Crippen LogP contribution is 2.60. The summed E-state index contributed by atoms with van der Waals surface area (Å²) in [6, 6.07) is 0. The van der Waals surface area contributed by atoms with Crippen LogP contribution in [-0.4, -0.2) is 69.2 Å². The van der Waals surface area contributed by atoms with Gasteiger partial charge in [0.2, 0.25) is 5.79 Å². The first-order valence-corrected chi connectivity index (χ1v) is 11.5. The Kier molecular flexibility index (Phi) is 6.57. The molecule has 1 N–H and O–H groups in total. The Labute approximate surface area is 175 Å². The van der Waals surface area contributed by atoms with Crippen LogP contribution in [0.5, 0.6) is 0 Å². The summed E-state index contributed by atoms with van der Waals surface area (Å²) in [5.74, 6) is 0.822. The van der Waals surface area contributed by atoms with Gasteiger partial charge in [-0.25, -0.2) is 9.78 Å². The summed E-state index contributed by atoms with van der Waals surface area (Å²) < 4.78 is 19.0. The second kappa shape index (κ2) is 8.69. The summed E-state index contributed by atoms with van der Waals surface area (Å²) in [4.78, 5) is 14.2. The zero-order valence-electron chi connectivity index (χ0n) is 18.8. The molecule has 1 spiro atoms. The van der Waals surface area contributed by atoms with Crippen LogP contribution in [0, 0.1) is 23.7 Å². The second-order valence-electron chi connectivity index (χ2n) is 10.1. The minimum atomic E-state index is -0.726. The molecule has 0 amide bonds. The standard InChI is InChI=1S/C22H40N2O5/c1-15-7-8-18-16(2)19(25-14-12-23-11-6-13-24(4)5)26-20-22(18)17(15)9-10-21(3,27-20)28-29-22/h15-20,23H,6-14H2,1-5H3/t15-,16-,17?,18?,19+,20-,21-,22-/m1/s1. The van der Waals surface area contributed by atoms with E-state index in [0.29, 0.717) is 24.4 Å². The van der Waals surface area contributed by atoms with Crippen molar-refractivity contribution >= 4 is 0 Å². The van der Waals surface area contributed by atoms with Gasteiger partial charge >= 0.3 is 0 Å². The van der Waals surface area contributed by atoms with Gasteiger partial charge in [-0.05, 0) is 71.6 Å². The first-order valence-electron chi connectivity index (χ1n) is 11.5. The zero-order chi connectivity index (χ0) is 20.6. The minimum absolute atomic E-state index is 0.240. The molecule has 4 heterocycles. The van der Waals surface area contributed by atoms with E-state index in [-0.39, 0.29) is 12.2 Å². The molecule has 5 fully saturated rings. The number of nitrogens with zero attached hydrogens (tertiary/aromatic N) is 1. The van der Waals surface area contributed by atoms with Crippen molar-refractivity contribution in [3.05, 3.63) is 0 Å². The van der Waals surface area contributed by atoms with Gasteiger partial charge in [0.05, 0.1) is 6.61 Å². The Morgan fingerprint density at radius 3 is 2.69 bits per heavy atom. The smallest absolute Gasteiger partial charge is 0.201 e. The number of rotatable bonds is 8. The number of ether oxygens (including phenoxy) is 3. The second-order valence-corrected chi connectivity index (χ2v) is 10.1. The first-order chi connectivity index (χ1) is 13.9. The van der Waals surface area contributed by atoms with Crippen molar-refractivity contribution in [2.75, 3.05) is 40.3 Å². The van der Waals surface area contributed by atoms with Gasteiger partial charge < -0.3 is 24.4 Å². The molecule has 2 unspecified atom stereocenters. The lowest BCUT2D eigenvalue weighted by Gasteiger charge is -2.60. The van der Waals surface area contributed by atoms with Gasteiger partial charge in [0.25, 0.3) is 0 Å². The highest BCUT2D eigenvalue weighted by Gasteiger charge is 2.69. The van der Waals surface area contributed by atoms with Crippen LogP contribution in [0.25, 0.3) is 0 Å². The quantitative estimate of drug-likeness (QED) is 0.486. The summed E-state index contributed by atoms with van der Waals surface area (Å²) in [5.41, 5.74) is -0.503. The average Bonchev–Trinajstić information content (AvgIpc) is 2.90. The van der Waals surface area contributed by atoms with Crippen LogP contribution >= 0.6 is 0 Å². The average molecular weight is 413 g/mol. The lowest BCUT2D eigenvalue weighted by molar-refractivity contribution is -0.577. The molecule has 7 heteroatoms. The van der Waals surface area contributed by atoms with Crippen LogP contribution in [0.3, 0.4) is 0 Å². The largest absolute Gasteiger partial charge is 0.351 e. The third-order valence-corrected chi connectivity index (χ3v) is 7.62. The fourth-order valence-electron chi connectivity index (χ4n) is 5.96. The first kappa shape index (κ1) is 21.9. The third kappa shape index (κ3) is 4.12. The summed E-state index contributed by atoms with van der Waals surface area (Å²) in [6.45, 7) is 10.1. The van der Waals surface area contributed by atoms with Gasteiger partial charge in [0.15, 0.2) is 18.2 Å². The predicted octanol–water partition coefficient (Wildman–Crippen LogP) is 2.75. The predicted molar refractivity (Wildman–Crippen MR) is 109 cm³/mol. The molecule has 1 saturated carbocycles. The Bertz CT molecular complexity index is 563. The van der Waals surface area contributed by atoms with E-state index < -0.39 is 17.7 Å². The lowest BCUT2D eigenvalue weighted by atomic mass is 9.58. The summed E-state index contributed by atoms with van der Waals surface area (Å²) in [6.07, 6.45) is 4.67. The molecule has 0 aromatic carbocycles. The van der Waals surface area contributed by atoms with Gasteiger partial charge in [-0.3, -0.25) is 0 Å². The Balaban J connectivity index is 1.38. The number of fused-ring (bicyclic) bond motifs is 2. The number of hydrogen-bond donors (Lipinski definition) is 1. The molecule has 168 valence electrons. The van der Waals surface area contributed by atoms with Crippen LogP contribution in [0.2, 0.25) is 0 Å². The molecule has 0 aromatic rings. The van der Waals surface area contributed by atoms with E-state index in [1.54, 1.807) is 0 Å². The van der Waals surface area contributed by atoms with Crippen molar-refractivity contribution in [2.24, 2.45) is 23.7 Å². The fraction of sp³-hybridized carbons (Fsp3) is 1.00. The molecule has 8 atom stereocenters. The molecule has 5 aliphatic rings. The van der Waals surface area contributed by atoms with E-state index in [1.807, 2.05) is 6.92 Å². The molecular weight excluding hydrogens is 372 g/mol. The molecule has 4 aliphatic heterocycles. The molecule has 2 bridgehead atoms. The van der Waals surface area contributed by atoms with Crippen molar-refractivity contribution < 1.29 is 24.0 Å². The number of nitrogens with one attached hydrogen (secondary N) is 1. The molecule has 5 rings (SSSR count). The number of hydrogen-bond acceptors (Lipinski definition) is 7. The Morgan fingerprint density at radius 1 is 1.07 bits per heavy atom. The van der Waals surface area contributed by atoms with E-state index in [0.717, 1.165) is 45.3 Å². The van der Waals surface area contributed by atoms with Crippen LogP contribution in [0.4, 0.5) is 0 Å². The molecule has 29 heavy (non-hydrogen) atoms. The van der Waals surface area contributed by atoms with E-state index >= 15 is 0 Å². The van der Waals surface area contributed by atoms with Crippen molar-refractivity contribution in [1.29, 1.82) is 0 Å². The molecule has 7 nitrogen and oxygen atoms in total. The SMILES string of the molecule is C[C@@H]1CCC2[C@@H](C)[C@@H](OCCNCCCN(C)C)O[C@@H]3O[C@@]4(C)CCC1[C@@]23OO4. The molecule has 0 radical (unpaired) electrons. The summed E-state index contributed by atoms with van der Waals surface area (Å²) in [5, 5.41) is 3.46. The van der Waals surface area contributed by atoms with E-state index in [9.17, 15) is 0 Å². The topological polar surface area (TPSA) is 61.4 Å². The minimum Gasteiger partial charge on any atom is -0.351 e. The van der Waals surface area contributed by atoms with Crippen molar-refractivity contribution in [3.63, 3.8) is 0 Å². The molecule has 0 aromatic heterocycles. The Hall–Kier alpha value is -0.280. The van der Waals surface area contributed by atoms with Crippen LogP contribution < -0.4 is 5.32 Å². The van der Waals surface area contributed by atoms with Crippen molar-refractivity contribution in [2.45, 2.75) is 76.8 Å². The van der Waals surface area contributed by atoms with Crippen LogP contribution in [0.15, 0.2) is 0 Å². The van der Waals surface area contributed by atoms with E-state index in [1.165, 1.54) is 6.42 Å². The van der Waals surface area contributed by atoms with Crippen molar-refractivity contribution in [3.8, 4) is 0 Å². The third-order valence-electron chi connectivity index (χ3n) is 7.62. The highest BCUT2D eigenvalue weighted by molar-refractivity contribution is 5.09. The monoisotopic (exact) mass is 412 g/mol. The maximum atomic E-state index is 6.43. The van der Waals surface area contributed by atoms with E-state index in [4.69, 9.17) is 24.0 Å². The van der Waals surface area contributed by atoms with Gasteiger partial charge in [-0.2, -0.15) is 0 Å². The lowest BCUT2D eigenvalue weighted by Crippen LogP contribution is -2.70. The van der Waals surface area contributed by atoms with Crippen molar-refractivity contribution in [1.82, 2.24) is 10.2 Å². The fourth-order valence-corrected chi connectivity index (χ4v) is 5.96. The molecule has 4 saturated heterocycles. The van der Waals surface area contributed by atoms with Gasteiger partial charge in [-0.1, -0.05) is 13.8 Å². The Morgan fingerprint density at radius 2 is 1.90 bits per heavy atom. The molecule has 1 aliphatic carbocycles.